The van der Waals surface area contributed by atoms with Gasteiger partial charge in [0.25, 0.3) is 5.69 Å². The quantitative estimate of drug-likeness (QED) is 0.405. The second-order valence-corrected chi connectivity index (χ2v) is 5.97. The molecule has 0 unspecified atom stereocenters. The molecule has 0 saturated carbocycles. The zero-order valence-corrected chi connectivity index (χ0v) is 14.0. The molecule has 1 aromatic rings. The van der Waals surface area contributed by atoms with E-state index in [2.05, 4.69) is 26.5 Å². The second-order valence-electron chi connectivity index (χ2n) is 5.65. The summed E-state index contributed by atoms with van der Waals surface area (Å²) >= 11 is 4.51. The highest BCUT2D eigenvalue weighted by atomic mass is 32.1. The maximum absolute atomic E-state index is 10.8. The van der Waals surface area contributed by atoms with Crippen LogP contribution < -0.4 is 4.74 Å². The van der Waals surface area contributed by atoms with Gasteiger partial charge in [-0.1, -0.05) is 26.7 Å². The lowest BCUT2D eigenvalue weighted by atomic mass is 9.82. The first-order valence-electron chi connectivity index (χ1n) is 7.46. The lowest BCUT2D eigenvalue weighted by molar-refractivity contribution is -0.385. The normalized spacial score (nSPS) is 11.4. The van der Waals surface area contributed by atoms with E-state index in [1.54, 1.807) is 19.1 Å². The van der Waals surface area contributed by atoms with E-state index in [1.165, 1.54) is 6.07 Å². The molecule has 0 bridgehead atoms. The molecule has 0 N–H and O–H groups in total. The molecule has 0 spiro atoms. The first-order chi connectivity index (χ1) is 9.98. The molecule has 0 aliphatic rings. The summed E-state index contributed by atoms with van der Waals surface area (Å²) in [4.78, 5) is 10.5. The number of rotatable bonds is 9. The number of hydrogen-bond donors (Lipinski definition) is 1. The van der Waals surface area contributed by atoms with E-state index in [4.69, 9.17) is 4.74 Å². The van der Waals surface area contributed by atoms with Crippen LogP contribution in [0.15, 0.2) is 18.2 Å². The molecule has 0 aromatic heterocycles. The third kappa shape index (κ3) is 4.92. The summed E-state index contributed by atoms with van der Waals surface area (Å²) in [6, 6.07) is 4.91. The first kappa shape index (κ1) is 17.8. The summed E-state index contributed by atoms with van der Waals surface area (Å²) < 4.78 is 5.91. The van der Waals surface area contributed by atoms with Gasteiger partial charge in [-0.25, -0.2) is 0 Å². The number of nitro groups is 1. The van der Waals surface area contributed by atoms with Gasteiger partial charge in [0.05, 0.1) is 11.5 Å². The minimum atomic E-state index is -0.370. The third-order valence-corrected chi connectivity index (χ3v) is 4.48. The van der Waals surface area contributed by atoms with Gasteiger partial charge in [-0.15, -0.1) is 0 Å². The van der Waals surface area contributed by atoms with E-state index >= 15 is 0 Å². The molecule has 0 saturated heterocycles. The van der Waals surface area contributed by atoms with Crippen molar-refractivity contribution in [3.8, 4) is 5.75 Å². The lowest BCUT2D eigenvalue weighted by Crippen LogP contribution is -2.30. The molecule has 1 aromatic carbocycles. The van der Waals surface area contributed by atoms with Crippen molar-refractivity contribution in [2.45, 2.75) is 46.5 Å². The molecule has 0 radical (unpaired) electrons. The molecule has 1 rings (SSSR count). The molecule has 118 valence electrons. The Balaban J connectivity index is 2.80. The largest absolute Gasteiger partial charge is 0.493 e. The van der Waals surface area contributed by atoms with Crippen LogP contribution in [0.2, 0.25) is 0 Å². The molecular formula is C16H25NO3S. The topological polar surface area (TPSA) is 52.4 Å². The van der Waals surface area contributed by atoms with Crippen LogP contribution in [0.5, 0.6) is 5.75 Å². The summed E-state index contributed by atoms with van der Waals surface area (Å²) in [6.45, 7) is 6.68. The Bertz CT molecular complexity index is 471. The second kappa shape index (κ2) is 8.27. The van der Waals surface area contributed by atoms with Crippen LogP contribution in [0.1, 0.15) is 45.1 Å². The zero-order valence-electron chi connectivity index (χ0n) is 13.1. The smallest absolute Gasteiger partial charge is 0.272 e. The van der Waals surface area contributed by atoms with Crippen molar-refractivity contribution >= 4 is 18.3 Å². The Morgan fingerprint density at radius 1 is 1.29 bits per heavy atom. The van der Waals surface area contributed by atoms with Crippen molar-refractivity contribution in [1.29, 1.82) is 0 Å². The van der Waals surface area contributed by atoms with Crippen LogP contribution in [0.3, 0.4) is 0 Å². The number of nitrogens with zero attached hydrogens (tertiary/aromatic N) is 1. The number of benzene rings is 1. The average molecular weight is 311 g/mol. The Labute approximate surface area is 132 Å². The van der Waals surface area contributed by atoms with E-state index in [9.17, 15) is 10.1 Å². The van der Waals surface area contributed by atoms with Crippen LogP contribution in [-0.2, 0) is 0 Å². The van der Waals surface area contributed by atoms with Gasteiger partial charge >= 0.3 is 0 Å². The van der Waals surface area contributed by atoms with Gasteiger partial charge in [-0.3, -0.25) is 10.1 Å². The molecule has 21 heavy (non-hydrogen) atoms. The van der Waals surface area contributed by atoms with Crippen LogP contribution in [0.25, 0.3) is 0 Å². The molecule has 0 aliphatic heterocycles. The molecule has 0 aliphatic carbocycles. The van der Waals surface area contributed by atoms with Crippen LogP contribution >= 0.6 is 12.6 Å². The van der Waals surface area contributed by atoms with Gasteiger partial charge in [0, 0.05) is 17.0 Å². The summed E-state index contributed by atoms with van der Waals surface area (Å²) in [7, 11) is 0. The van der Waals surface area contributed by atoms with E-state index in [0.717, 1.165) is 31.4 Å². The summed E-state index contributed by atoms with van der Waals surface area (Å²) in [6.07, 6.45) is 4.36. The van der Waals surface area contributed by atoms with Crippen molar-refractivity contribution in [3.63, 3.8) is 0 Å². The van der Waals surface area contributed by atoms with Gasteiger partial charge in [0.1, 0.15) is 5.75 Å². The fourth-order valence-corrected chi connectivity index (χ4v) is 3.10. The molecule has 4 nitrogen and oxygen atoms in total. The minimum absolute atomic E-state index is 0.0856. The SMILES string of the molecule is CCCC(CS)(CCC)COc1ccc([N+](=O)[O-])c(C)c1. The van der Waals surface area contributed by atoms with Crippen molar-refractivity contribution in [2.75, 3.05) is 12.4 Å². The monoisotopic (exact) mass is 311 g/mol. The molecule has 0 fully saturated rings. The maximum Gasteiger partial charge on any atom is 0.272 e. The Kier molecular flexibility index (Phi) is 7.02. The zero-order chi connectivity index (χ0) is 15.9. The van der Waals surface area contributed by atoms with Crippen molar-refractivity contribution in [3.05, 3.63) is 33.9 Å². The summed E-state index contributed by atoms with van der Waals surface area (Å²) in [5, 5.41) is 10.8. The predicted octanol–water partition coefficient (Wildman–Crippen LogP) is 4.80. The highest BCUT2D eigenvalue weighted by Crippen LogP contribution is 2.33. The van der Waals surface area contributed by atoms with Gasteiger partial charge in [0.2, 0.25) is 0 Å². The standard InChI is InChI=1S/C16H25NO3S/c1-4-8-16(12-21,9-5-2)11-20-14-6-7-15(17(18)19)13(3)10-14/h6-7,10,21H,4-5,8-9,11-12H2,1-3H3. The Hall–Kier alpha value is -1.23. The number of thiol groups is 1. The molecule has 5 heteroatoms. The van der Waals surface area contributed by atoms with Crippen LogP contribution in [0.4, 0.5) is 5.69 Å². The number of nitro benzene ring substituents is 1. The van der Waals surface area contributed by atoms with E-state index < -0.39 is 0 Å². The minimum Gasteiger partial charge on any atom is -0.493 e. The molecular weight excluding hydrogens is 286 g/mol. The average Bonchev–Trinajstić information content (AvgIpc) is 2.45. The number of aryl methyl sites for hydroxylation is 1. The Morgan fingerprint density at radius 2 is 1.90 bits per heavy atom. The maximum atomic E-state index is 10.8. The van der Waals surface area contributed by atoms with E-state index in [0.29, 0.717) is 17.9 Å². The highest BCUT2D eigenvalue weighted by molar-refractivity contribution is 7.80. The third-order valence-electron chi connectivity index (χ3n) is 3.81. The van der Waals surface area contributed by atoms with Gasteiger partial charge < -0.3 is 4.74 Å². The lowest BCUT2D eigenvalue weighted by Gasteiger charge is -2.31. The van der Waals surface area contributed by atoms with Crippen molar-refractivity contribution in [1.82, 2.24) is 0 Å². The molecule has 0 amide bonds. The highest BCUT2D eigenvalue weighted by Gasteiger charge is 2.28. The van der Waals surface area contributed by atoms with E-state index in [-0.39, 0.29) is 16.0 Å². The van der Waals surface area contributed by atoms with Gasteiger partial charge in [-0.2, -0.15) is 12.6 Å². The molecule has 0 atom stereocenters. The van der Waals surface area contributed by atoms with Gasteiger partial charge in [0.15, 0.2) is 0 Å². The number of ether oxygens (including phenoxy) is 1. The van der Waals surface area contributed by atoms with Crippen LogP contribution in [-0.4, -0.2) is 17.3 Å². The Morgan fingerprint density at radius 3 is 2.33 bits per heavy atom. The summed E-state index contributed by atoms with van der Waals surface area (Å²) in [5.74, 6) is 1.48. The van der Waals surface area contributed by atoms with E-state index in [1.807, 2.05) is 0 Å². The molecule has 0 heterocycles. The predicted molar refractivity (Wildman–Crippen MR) is 89.4 cm³/mol. The fourth-order valence-electron chi connectivity index (χ4n) is 2.69. The first-order valence-corrected chi connectivity index (χ1v) is 8.10. The van der Waals surface area contributed by atoms with Crippen LogP contribution in [0, 0.1) is 22.5 Å². The summed E-state index contributed by atoms with van der Waals surface area (Å²) in [5.41, 5.74) is 0.840. The van der Waals surface area contributed by atoms with Crippen molar-refractivity contribution in [2.24, 2.45) is 5.41 Å². The number of hydrogen-bond acceptors (Lipinski definition) is 4. The fraction of sp³-hybridized carbons (Fsp3) is 0.625. The van der Waals surface area contributed by atoms with Gasteiger partial charge in [-0.05, 0) is 37.7 Å². The van der Waals surface area contributed by atoms with Crippen molar-refractivity contribution < 1.29 is 9.66 Å².